The summed E-state index contributed by atoms with van der Waals surface area (Å²) in [6.45, 7) is 6.89. The van der Waals surface area contributed by atoms with Crippen molar-refractivity contribution in [3.05, 3.63) is 11.7 Å². The summed E-state index contributed by atoms with van der Waals surface area (Å²) in [5.74, 6) is 1.51. The first kappa shape index (κ1) is 13.5. The summed E-state index contributed by atoms with van der Waals surface area (Å²) in [6.07, 6.45) is 3.26. The van der Waals surface area contributed by atoms with Crippen molar-refractivity contribution < 1.29 is 14.1 Å². The first-order valence-electron chi connectivity index (χ1n) is 7.14. The van der Waals surface area contributed by atoms with Crippen LogP contribution in [0, 0.1) is 5.41 Å². The van der Waals surface area contributed by atoms with Gasteiger partial charge in [0.2, 0.25) is 11.8 Å². The molecule has 1 N–H and O–H groups in total. The molecule has 1 aromatic heterocycles. The van der Waals surface area contributed by atoms with E-state index >= 15 is 0 Å². The summed E-state index contributed by atoms with van der Waals surface area (Å²) in [5.41, 5.74) is -0.286. The van der Waals surface area contributed by atoms with Gasteiger partial charge in [-0.2, -0.15) is 4.98 Å². The van der Waals surface area contributed by atoms with Crippen LogP contribution in [0.4, 0.5) is 0 Å². The summed E-state index contributed by atoms with van der Waals surface area (Å²) in [4.78, 5) is 15.7. The fourth-order valence-corrected chi connectivity index (χ4v) is 3.15. The molecule has 1 aliphatic carbocycles. The zero-order chi connectivity index (χ0) is 14.4. The molecule has 2 heterocycles. The average Bonchev–Trinajstić information content (AvgIpc) is 2.86. The highest BCUT2D eigenvalue weighted by atomic mass is 16.5. The van der Waals surface area contributed by atoms with Crippen LogP contribution in [0.15, 0.2) is 4.52 Å². The van der Waals surface area contributed by atoms with Crippen LogP contribution in [0.5, 0.6) is 0 Å². The maximum atomic E-state index is 11.2. The summed E-state index contributed by atoms with van der Waals surface area (Å²) >= 11 is 0. The molecule has 110 valence electrons. The number of carbonyl (C=O) groups is 1. The van der Waals surface area contributed by atoms with E-state index in [1.807, 2.05) is 13.8 Å². The minimum atomic E-state index is -0.606. The number of amides is 1. The summed E-state index contributed by atoms with van der Waals surface area (Å²) in [5, 5.41) is 6.88. The molecule has 1 aliphatic heterocycles. The van der Waals surface area contributed by atoms with Gasteiger partial charge in [-0.1, -0.05) is 5.16 Å². The number of hydrogen-bond donors (Lipinski definition) is 1. The largest absolute Gasteiger partial charge is 0.381 e. The number of hydrogen-bond acceptors (Lipinski definition) is 5. The van der Waals surface area contributed by atoms with Gasteiger partial charge in [0.15, 0.2) is 5.82 Å². The third-order valence-electron chi connectivity index (χ3n) is 4.47. The molecule has 1 saturated carbocycles. The van der Waals surface area contributed by atoms with Crippen molar-refractivity contribution in [2.24, 2.45) is 5.41 Å². The molecular weight excluding hydrogens is 258 g/mol. The Bertz CT molecular complexity index is 517. The minimum Gasteiger partial charge on any atom is -0.381 e. The third-order valence-corrected chi connectivity index (χ3v) is 4.47. The van der Waals surface area contributed by atoms with E-state index in [9.17, 15) is 4.79 Å². The highest BCUT2D eigenvalue weighted by Gasteiger charge is 2.58. The molecule has 1 atom stereocenters. The Labute approximate surface area is 118 Å². The maximum Gasteiger partial charge on any atom is 0.230 e. The lowest BCUT2D eigenvalue weighted by molar-refractivity contribution is -0.120. The van der Waals surface area contributed by atoms with Gasteiger partial charge in [-0.05, 0) is 38.5 Å². The second-order valence-electron chi connectivity index (χ2n) is 6.49. The van der Waals surface area contributed by atoms with Crippen LogP contribution >= 0.6 is 0 Å². The average molecular weight is 279 g/mol. The second kappa shape index (κ2) is 4.55. The van der Waals surface area contributed by atoms with Crippen LogP contribution in [0.3, 0.4) is 0 Å². The van der Waals surface area contributed by atoms with Gasteiger partial charge in [-0.25, -0.2) is 0 Å². The molecule has 1 aromatic rings. The normalized spacial score (nSPS) is 24.6. The predicted molar refractivity (Wildman–Crippen MR) is 71.0 cm³/mol. The number of nitrogens with one attached hydrogen (secondary N) is 1. The first-order valence-corrected chi connectivity index (χ1v) is 7.14. The SMILES string of the molecule is CC(=O)NC(C)(C)c1noc(C2CC23CCOCC3)n1. The third kappa shape index (κ3) is 2.32. The van der Waals surface area contributed by atoms with Gasteiger partial charge < -0.3 is 14.6 Å². The van der Waals surface area contributed by atoms with E-state index in [4.69, 9.17) is 9.26 Å². The van der Waals surface area contributed by atoms with Gasteiger partial charge in [-0.15, -0.1) is 0 Å². The van der Waals surface area contributed by atoms with E-state index in [0.717, 1.165) is 32.5 Å². The summed E-state index contributed by atoms with van der Waals surface area (Å²) < 4.78 is 10.8. The van der Waals surface area contributed by atoms with E-state index < -0.39 is 5.54 Å². The van der Waals surface area contributed by atoms with Gasteiger partial charge in [0.05, 0.1) is 5.54 Å². The lowest BCUT2D eigenvalue weighted by Crippen LogP contribution is -2.40. The quantitative estimate of drug-likeness (QED) is 0.911. The monoisotopic (exact) mass is 279 g/mol. The molecule has 0 aromatic carbocycles. The molecule has 2 aliphatic rings. The fraction of sp³-hybridized carbons (Fsp3) is 0.786. The van der Waals surface area contributed by atoms with Crippen LogP contribution in [0.25, 0.3) is 0 Å². The molecule has 1 unspecified atom stereocenters. The van der Waals surface area contributed by atoms with Gasteiger partial charge in [-0.3, -0.25) is 4.79 Å². The highest BCUT2D eigenvalue weighted by Crippen LogP contribution is 2.64. The Morgan fingerprint density at radius 2 is 2.10 bits per heavy atom. The molecule has 0 bridgehead atoms. The van der Waals surface area contributed by atoms with E-state index in [0.29, 0.717) is 23.0 Å². The molecule has 1 spiro atoms. The van der Waals surface area contributed by atoms with Crippen LogP contribution < -0.4 is 5.32 Å². The Morgan fingerprint density at radius 1 is 1.40 bits per heavy atom. The Kier molecular flexibility index (Phi) is 3.08. The molecule has 0 radical (unpaired) electrons. The first-order chi connectivity index (χ1) is 9.43. The summed E-state index contributed by atoms with van der Waals surface area (Å²) in [6, 6.07) is 0. The van der Waals surface area contributed by atoms with E-state index in [2.05, 4.69) is 15.5 Å². The lowest BCUT2D eigenvalue weighted by Gasteiger charge is -2.22. The lowest BCUT2D eigenvalue weighted by atomic mass is 9.94. The van der Waals surface area contributed by atoms with Crippen LogP contribution in [0.1, 0.15) is 57.7 Å². The molecule has 1 saturated heterocycles. The number of ether oxygens (including phenoxy) is 1. The van der Waals surface area contributed by atoms with Crippen molar-refractivity contribution in [2.75, 3.05) is 13.2 Å². The van der Waals surface area contributed by atoms with E-state index in [1.54, 1.807) is 0 Å². The van der Waals surface area contributed by atoms with Crippen molar-refractivity contribution in [3.63, 3.8) is 0 Å². The van der Waals surface area contributed by atoms with Crippen molar-refractivity contribution in [1.29, 1.82) is 0 Å². The smallest absolute Gasteiger partial charge is 0.230 e. The van der Waals surface area contributed by atoms with Gasteiger partial charge in [0.1, 0.15) is 0 Å². The molecular formula is C14H21N3O3. The van der Waals surface area contributed by atoms with Gasteiger partial charge >= 0.3 is 0 Å². The molecule has 20 heavy (non-hydrogen) atoms. The molecule has 6 nitrogen and oxygen atoms in total. The Hall–Kier alpha value is -1.43. The maximum absolute atomic E-state index is 11.2. The van der Waals surface area contributed by atoms with Crippen LogP contribution in [-0.2, 0) is 15.1 Å². The molecule has 6 heteroatoms. The van der Waals surface area contributed by atoms with Crippen LogP contribution in [0.2, 0.25) is 0 Å². The predicted octanol–water partition coefficient (Wildman–Crippen LogP) is 1.72. The highest BCUT2D eigenvalue weighted by molar-refractivity contribution is 5.73. The van der Waals surface area contributed by atoms with Crippen molar-refractivity contribution >= 4 is 5.91 Å². The standard InChI is InChI=1S/C14H21N3O3/c1-9(18)16-13(2,3)12-15-11(20-17-12)10-8-14(10)4-6-19-7-5-14/h10H,4-8H2,1-3H3,(H,16,18). The minimum absolute atomic E-state index is 0.103. The Morgan fingerprint density at radius 3 is 2.75 bits per heavy atom. The van der Waals surface area contributed by atoms with Gasteiger partial charge in [0.25, 0.3) is 0 Å². The topological polar surface area (TPSA) is 77.2 Å². The molecule has 1 amide bonds. The molecule has 2 fully saturated rings. The van der Waals surface area contributed by atoms with Crippen molar-refractivity contribution in [2.45, 2.75) is 51.5 Å². The van der Waals surface area contributed by atoms with Crippen molar-refractivity contribution in [1.82, 2.24) is 15.5 Å². The number of carbonyl (C=O) groups excluding carboxylic acids is 1. The van der Waals surface area contributed by atoms with E-state index in [-0.39, 0.29) is 5.91 Å². The molecule has 3 rings (SSSR count). The second-order valence-corrected chi connectivity index (χ2v) is 6.49. The number of nitrogens with zero attached hydrogens (tertiary/aromatic N) is 2. The summed E-state index contributed by atoms with van der Waals surface area (Å²) in [7, 11) is 0. The number of rotatable bonds is 3. The van der Waals surface area contributed by atoms with Crippen molar-refractivity contribution in [3.8, 4) is 0 Å². The Balaban J connectivity index is 1.73. The van der Waals surface area contributed by atoms with E-state index in [1.165, 1.54) is 6.92 Å². The zero-order valence-corrected chi connectivity index (χ0v) is 12.2. The zero-order valence-electron chi connectivity index (χ0n) is 12.2. The fourth-order valence-electron chi connectivity index (χ4n) is 3.15. The van der Waals surface area contributed by atoms with Crippen LogP contribution in [-0.4, -0.2) is 29.3 Å². The number of aromatic nitrogens is 2. The van der Waals surface area contributed by atoms with Gasteiger partial charge in [0, 0.05) is 26.1 Å².